The molecule has 0 N–H and O–H groups in total. The Kier molecular flexibility index (Phi) is 7.49. The van der Waals surface area contributed by atoms with Gasteiger partial charge in [0.25, 0.3) is 5.91 Å². The fraction of sp³-hybridized carbons (Fsp3) is 0.500. The van der Waals surface area contributed by atoms with Gasteiger partial charge in [-0.2, -0.15) is 0 Å². The van der Waals surface area contributed by atoms with Crippen LogP contribution >= 0.6 is 11.6 Å². The lowest BCUT2D eigenvalue weighted by molar-refractivity contribution is -0.152. The van der Waals surface area contributed by atoms with Gasteiger partial charge in [0.2, 0.25) is 5.88 Å². The number of azide groups is 1. The van der Waals surface area contributed by atoms with Gasteiger partial charge >= 0.3 is 5.97 Å². The van der Waals surface area contributed by atoms with Crippen LogP contribution in [0.3, 0.4) is 0 Å². The summed E-state index contributed by atoms with van der Waals surface area (Å²) in [4.78, 5) is 37.1. The molecule has 1 aliphatic heterocycles. The summed E-state index contributed by atoms with van der Waals surface area (Å²) in [5, 5.41) is 4.26. The number of fused-ring (bicyclic) bond motifs is 1. The number of piperidine rings is 1. The van der Waals surface area contributed by atoms with Gasteiger partial charge in [0.1, 0.15) is 0 Å². The summed E-state index contributed by atoms with van der Waals surface area (Å²) < 4.78 is 10.1. The first-order chi connectivity index (χ1) is 14.9. The summed E-state index contributed by atoms with van der Waals surface area (Å²) in [6.07, 6.45) is 4.10. The van der Waals surface area contributed by atoms with E-state index in [0.717, 1.165) is 5.56 Å². The van der Waals surface area contributed by atoms with Crippen LogP contribution in [-0.4, -0.2) is 59.1 Å². The highest BCUT2D eigenvalue weighted by atomic mass is 35.5. The van der Waals surface area contributed by atoms with Crippen molar-refractivity contribution in [1.82, 2.24) is 14.9 Å². The van der Waals surface area contributed by atoms with Crippen LogP contribution in [0.4, 0.5) is 0 Å². The summed E-state index contributed by atoms with van der Waals surface area (Å²) in [6.45, 7) is 1.19. The Morgan fingerprint density at radius 1 is 1.39 bits per heavy atom. The second-order valence-electron chi connectivity index (χ2n) is 7.26. The fourth-order valence-corrected chi connectivity index (χ4v) is 4.00. The minimum atomic E-state index is -0.524. The molecule has 0 aromatic carbocycles. The zero-order valence-corrected chi connectivity index (χ0v) is 18.1. The third-order valence-corrected chi connectivity index (χ3v) is 5.62. The molecular weight excluding hydrogens is 424 g/mol. The monoisotopic (exact) mass is 446 g/mol. The predicted octanol–water partition coefficient (Wildman–Crippen LogP) is 3.46. The molecule has 1 amide bonds. The summed E-state index contributed by atoms with van der Waals surface area (Å²) in [7, 11) is 1.54. The number of esters is 1. The highest BCUT2D eigenvalue weighted by molar-refractivity contribution is 6.32. The molecule has 2 unspecified atom stereocenters. The van der Waals surface area contributed by atoms with E-state index in [1.807, 2.05) is 6.07 Å². The van der Waals surface area contributed by atoms with Gasteiger partial charge < -0.3 is 14.4 Å². The summed E-state index contributed by atoms with van der Waals surface area (Å²) in [6, 6.07) is 3.14. The van der Waals surface area contributed by atoms with Crippen molar-refractivity contribution in [2.45, 2.75) is 44.7 Å². The van der Waals surface area contributed by atoms with Gasteiger partial charge in [0.05, 0.1) is 29.2 Å². The highest BCUT2D eigenvalue weighted by Gasteiger charge is 2.31. The normalized spacial score (nSPS) is 18.4. The number of carbonyl (C=O) groups excluding carboxylic acids is 2. The molecule has 0 radical (unpaired) electrons. The topological polar surface area (TPSA) is 130 Å². The number of methoxy groups -OCH3 is 1. The number of aromatic nitrogens is 2. The molecule has 2 aromatic rings. The Bertz CT molecular complexity index is 1030. The average Bonchev–Trinajstić information content (AvgIpc) is 2.77. The largest absolute Gasteiger partial charge is 0.481 e. The molecule has 0 bridgehead atoms. The van der Waals surface area contributed by atoms with Crippen LogP contribution in [0.1, 0.15) is 31.7 Å². The molecule has 2 aromatic heterocycles. The highest BCUT2D eigenvalue weighted by Crippen LogP contribution is 2.29. The van der Waals surface area contributed by atoms with E-state index in [1.54, 1.807) is 24.3 Å². The number of carbonyl (C=O) groups is 2. The van der Waals surface area contributed by atoms with Crippen molar-refractivity contribution in [3.8, 4) is 5.88 Å². The first-order valence-corrected chi connectivity index (χ1v) is 10.3. The summed E-state index contributed by atoms with van der Waals surface area (Å²) in [5.41, 5.74) is 11.0. The number of nitrogens with zero attached hydrogens (tertiary/aromatic N) is 6. The van der Waals surface area contributed by atoms with Crippen LogP contribution in [-0.2, 0) is 20.7 Å². The zero-order chi connectivity index (χ0) is 22.4. The molecule has 0 spiro atoms. The van der Waals surface area contributed by atoms with Crippen LogP contribution in [0.15, 0.2) is 23.4 Å². The van der Waals surface area contributed by atoms with Crippen molar-refractivity contribution in [3.63, 3.8) is 0 Å². The van der Waals surface area contributed by atoms with E-state index < -0.39 is 5.97 Å². The number of hydrogen-bond acceptors (Lipinski definition) is 7. The number of aryl methyl sites for hydroxylation is 1. The van der Waals surface area contributed by atoms with Crippen molar-refractivity contribution in [2.75, 3.05) is 20.3 Å². The molecule has 1 fully saturated rings. The fourth-order valence-electron chi connectivity index (χ4n) is 3.77. The number of hydrogen-bond donors (Lipinski definition) is 0. The van der Waals surface area contributed by atoms with Gasteiger partial charge in [-0.25, -0.2) is 4.98 Å². The van der Waals surface area contributed by atoms with Gasteiger partial charge in [0.15, 0.2) is 6.61 Å². The lowest BCUT2D eigenvalue weighted by atomic mass is 9.93. The van der Waals surface area contributed by atoms with Crippen molar-refractivity contribution >= 4 is 34.5 Å². The maximum absolute atomic E-state index is 12.7. The quantitative estimate of drug-likeness (QED) is 0.277. The Morgan fingerprint density at radius 2 is 2.19 bits per heavy atom. The molecule has 3 rings (SSSR count). The van der Waals surface area contributed by atoms with Crippen LogP contribution in [0, 0.1) is 0 Å². The van der Waals surface area contributed by atoms with Crippen molar-refractivity contribution in [1.29, 1.82) is 0 Å². The number of rotatable bonds is 7. The average molecular weight is 447 g/mol. The minimum absolute atomic E-state index is 0.113. The molecule has 10 nitrogen and oxygen atoms in total. The summed E-state index contributed by atoms with van der Waals surface area (Å²) >= 11 is 6.43. The maximum atomic E-state index is 12.7. The summed E-state index contributed by atoms with van der Waals surface area (Å²) in [5.74, 6) is -0.377. The van der Waals surface area contributed by atoms with Gasteiger partial charge in [-0.1, -0.05) is 16.7 Å². The first kappa shape index (κ1) is 22.6. The van der Waals surface area contributed by atoms with Crippen molar-refractivity contribution in [2.24, 2.45) is 5.11 Å². The Hall–Kier alpha value is -3.10. The van der Waals surface area contributed by atoms with E-state index in [1.165, 1.54) is 6.92 Å². The van der Waals surface area contributed by atoms with Gasteiger partial charge in [0, 0.05) is 42.2 Å². The number of likely N-dealkylation sites (tertiary alicyclic amines) is 1. The van der Waals surface area contributed by atoms with E-state index in [-0.39, 0.29) is 31.1 Å². The third-order valence-electron chi connectivity index (χ3n) is 5.29. The molecule has 11 heteroatoms. The van der Waals surface area contributed by atoms with Crippen LogP contribution in [0.25, 0.3) is 21.5 Å². The van der Waals surface area contributed by atoms with Crippen LogP contribution < -0.4 is 4.74 Å². The number of ether oxygens (including phenoxy) is 2. The van der Waals surface area contributed by atoms with Gasteiger partial charge in [-0.15, -0.1) is 0 Å². The molecule has 0 aliphatic carbocycles. The van der Waals surface area contributed by atoms with Crippen LogP contribution in [0.5, 0.6) is 5.88 Å². The molecule has 31 heavy (non-hydrogen) atoms. The maximum Gasteiger partial charge on any atom is 0.303 e. The van der Waals surface area contributed by atoms with Gasteiger partial charge in [-0.3, -0.25) is 14.6 Å². The van der Waals surface area contributed by atoms with E-state index in [4.69, 9.17) is 26.6 Å². The van der Waals surface area contributed by atoms with E-state index in [0.29, 0.717) is 47.6 Å². The Labute approximate surface area is 184 Å². The van der Waals surface area contributed by atoms with Crippen molar-refractivity contribution in [3.05, 3.63) is 39.4 Å². The molecule has 0 saturated carbocycles. The third kappa shape index (κ3) is 5.53. The lowest BCUT2D eigenvalue weighted by Crippen LogP contribution is -2.49. The second kappa shape index (κ2) is 10.3. The van der Waals surface area contributed by atoms with E-state index >= 15 is 0 Å². The molecule has 2 atom stereocenters. The zero-order valence-electron chi connectivity index (χ0n) is 17.3. The van der Waals surface area contributed by atoms with E-state index in [9.17, 15) is 9.59 Å². The van der Waals surface area contributed by atoms with Gasteiger partial charge in [-0.05, 0) is 37.3 Å². The number of amides is 1. The molecule has 3 heterocycles. The number of pyridine rings is 2. The molecule has 1 saturated heterocycles. The lowest BCUT2D eigenvalue weighted by Gasteiger charge is -2.38. The second-order valence-corrected chi connectivity index (χ2v) is 7.67. The standard InChI is InChI=1S/C20H23ClN6O4/c1-12(28)31-11-19(29)27-10-13(25-26-22)3-4-14(27)5-6-15-16(21)9-23-17-7-8-18(30-2)24-20(15)17/h7-9,13-14H,3-6,10-11H2,1-2H3. The smallest absolute Gasteiger partial charge is 0.303 e. The SMILES string of the molecule is COc1ccc2ncc(Cl)c(CCC3CCC(N=[N+]=[N-])CN3C(=O)COC(C)=O)c2n1. The Morgan fingerprint density at radius 3 is 2.90 bits per heavy atom. The molecule has 1 aliphatic rings. The van der Waals surface area contributed by atoms with Crippen molar-refractivity contribution < 1.29 is 19.1 Å². The molecular formula is C20H23ClN6O4. The molecule has 164 valence electrons. The number of halogens is 1. The first-order valence-electron chi connectivity index (χ1n) is 9.88. The minimum Gasteiger partial charge on any atom is -0.481 e. The van der Waals surface area contributed by atoms with Crippen LogP contribution in [0.2, 0.25) is 5.02 Å². The Balaban J connectivity index is 1.81. The van der Waals surface area contributed by atoms with E-state index in [2.05, 4.69) is 20.0 Å². The predicted molar refractivity (Wildman–Crippen MR) is 114 cm³/mol.